The Labute approximate surface area is 181 Å². The van der Waals surface area contributed by atoms with E-state index in [1.54, 1.807) is 11.5 Å². The minimum atomic E-state index is -5.08. The molecule has 0 saturated heterocycles. The zero-order valence-corrected chi connectivity index (χ0v) is 17.8. The minimum absolute atomic E-state index is 0.0685. The smallest absolute Gasteiger partial charge is 0.475 e. The predicted molar refractivity (Wildman–Crippen MR) is 105 cm³/mol. The molecule has 1 aliphatic heterocycles. The first kappa shape index (κ1) is 25.0. The number of carboxylic acid groups (broad SMARTS) is 1. The summed E-state index contributed by atoms with van der Waals surface area (Å²) in [5.41, 5.74) is 0.878. The lowest BCUT2D eigenvalue weighted by Crippen LogP contribution is -2.32. The van der Waals surface area contributed by atoms with Crippen LogP contribution in [-0.2, 0) is 24.4 Å². The van der Waals surface area contributed by atoms with Gasteiger partial charge in [-0.1, -0.05) is 5.16 Å². The van der Waals surface area contributed by atoms with E-state index in [-0.39, 0.29) is 18.0 Å². The van der Waals surface area contributed by atoms with Crippen LogP contribution in [0.3, 0.4) is 0 Å². The number of halogens is 3. The Bertz CT molecular complexity index is 1020. The van der Waals surface area contributed by atoms with Gasteiger partial charge in [0.25, 0.3) is 11.5 Å². The molecular formula is C19H24F3N5O5. The first-order valence-corrected chi connectivity index (χ1v) is 9.73. The average Bonchev–Trinajstić information content (AvgIpc) is 3.00. The summed E-state index contributed by atoms with van der Waals surface area (Å²) in [4.78, 5) is 40.4. The van der Waals surface area contributed by atoms with Gasteiger partial charge in [0.15, 0.2) is 0 Å². The van der Waals surface area contributed by atoms with E-state index in [1.807, 2.05) is 0 Å². The van der Waals surface area contributed by atoms with E-state index < -0.39 is 12.1 Å². The highest BCUT2D eigenvalue weighted by Gasteiger charge is 2.38. The topological polar surface area (TPSA) is 131 Å². The second-order valence-corrected chi connectivity index (χ2v) is 7.35. The van der Waals surface area contributed by atoms with E-state index in [1.165, 1.54) is 12.3 Å². The normalized spacial score (nSPS) is 14.2. The first-order valence-electron chi connectivity index (χ1n) is 9.73. The average molecular weight is 459 g/mol. The Hall–Kier alpha value is -3.22. The van der Waals surface area contributed by atoms with Crippen LogP contribution in [0.4, 0.5) is 13.2 Å². The third-order valence-corrected chi connectivity index (χ3v) is 4.71. The van der Waals surface area contributed by atoms with E-state index in [4.69, 9.17) is 14.4 Å². The van der Waals surface area contributed by atoms with Gasteiger partial charge in [-0.05, 0) is 27.2 Å². The Morgan fingerprint density at radius 1 is 1.31 bits per heavy atom. The fourth-order valence-electron chi connectivity index (χ4n) is 2.97. The quantitative estimate of drug-likeness (QED) is 0.707. The maximum atomic E-state index is 12.4. The Morgan fingerprint density at radius 3 is 2.50 bits per heavy atom. The van der Waals surface area contributed by atoms with Crippen LogP contribution in [0.5, 0.6) is 0 Å². The number of alkyl halides is 3. The van der Waals surface area contributed by atoms with Gasteiger partial charge in [0.1, 0.15) is 17.1 Å². The van der Waals surface area contributed by atoms with Gasteiger partial charge in [-0.25, -0.2) is 9.78 Å². The molecule has 0 fully saturated rings. The number of aliphatic carboxylic acids is 1. The van der Waals surface area contributed by atoms with Crippen molar-refractivity contribution in [1.29, 1.82) is 0 Å². The lowest BCUT2D eigenvalue weighted by atomic mass is 10.2. The van der Waals surface area contributed by atoms with Gasteiger partial charge < -0.3 is 14.9 Å². The molecule has 0 atom stereocenters. The zero-order valence-electron chi connectivity index (χ0n) is 17.8. The number of hydrogen-bond acceptors (Lipinski definition) is 7. The second kappa shape index (κ2) is 10.4. The lowest BCUT2D eigenvalue weighted by Gasteiger charge is -2.23. The molecule has 0 saturated carbocycles. The van der Waals surface area contributed by atoms with Gasteiger partial charge in [0, 0.05) is 25.2 Å². The van der Waals surface area contributed by atoms with Gasteiger partial charge >= 0.3 is 12.1 Å². The lowest BCUT2D eigenvalue weighted by molar-refractivity contribution is -0.192. The number of nitrogens with zero attached hydrogens (tertiary/aromatic N) is 4. The molecular weight excluding hydrogens is 435 g/mol. The number of aryl methyl sites for hydroxylation is 1. The zero-order chi connectivity index (χ0) is 24.1. The Balaban J connectivity index is 0.000000451. The number of amides is 1. The standard InChI is InChI=1S/C17H23N5O3.C2HF3O2/c1-11(2)21-5-4-6-22-15(10-21)20-13(7-16(22)23)8-18-17(24)14-9-19-25-12(14)3;3-2(4,5)1(6)7/h7,9,11H,4-6,8,10H2,1-3H3,(H,18,24);(H,6,7). The van der Waals surface area contributed by atoms with Gasteiger partial charge in [-0.15, -0.1) is 0 Å². The highest BCUT2D eigenvalue weighted by Crippen LogP contribution is 2.13. The third-order valence-electron chi connectivity index (χ3n) is 4.71. The van der Waals surface area contributed by atoms with Crippen molar-refractivity contribution < 1.29 is 32.4 Å². The number of aromatic nitrogens is 3. The molecule has 0 unspecified atom stereocenters. The largest absolute Gasteiger partial charge is 0.490 e. The molecule has 2 aromatic rings. The van der Waals surface area contributed by atoms with Gasteiger partial charge in [0.05, 0.1) is 25.0 Å². The molecule has 2 N–H and O–H groups in total. The summed E-state index contributed by atoms with van der Waals surface area (Å²) in [6.45, 7) is 8.40. The van der Waals surface area contributed by atoms with Gasteiger partial charge in [-0.3, -0.25) is 19.1 Å². The predicted octanol–water partition coefficient (Wildman–Crippen LogP) is 1.72. The molecule has 1 amide bonds. The Morgan fingerprint density at radius 2 is 1.97 bits per heavy atom. The molecule has 13 heteroatoms. The van der Waals surface area contributed by atoms with Crippen LogP contribution < -0.4 is 10.9 Å². The molecule has 3 rings (SSSR count). The van der Waals surface area contributed by atoms with E-state index in [9.17, 15) is 22.8 Å². The van der Waals surface area contributed by atoms with E-state index >= 15 is 0 Å². The van der Waals surface area contributed by atoms with Crippen molar-refractivity contribution in [3.63, 3.8) is 0 Å². The first-order chi connectivity index (χ1) is 14.9. The van der Waals surface area contributed by atoms with Crippen molar-refractivity contribution in [2.24, 2.45) is 0 Å². The highest BCUT2D eigenvalue weighted by atomic mass is 19.4. The fourth-order valence-corrected chi connectivity index (χ4v) is 2.97. The van der Waals surface area contributed by atoms with Crippen molar-refractivity contribution in [2.75, 3.05) is 6.54 Å². The molecule has 0 aliphatic carbocycles. The maximum Gasteiger partial charge on any atom is 0.490 e. The molecule has 0 aromatic carbocycles. The summed E-state index contributed by atoms with van der Waals surface area (Å²) in [7, 11) is 0. The Kier molecular flexibility index (Phi) is 8.14. The van der Waals surface area contributed by atoms with E-state index in [0.717, 1.165) is 18.8 Å². The summed E-state index contributed by atoms with van der Waals surface area (Å²) < 4.78 is 38.4. The van der Waals surface area contributed by atoms with Crippen molar-refractivity contribution in [3.05, 3.63) is 45.5 Å². The molecule has 3 heterocycles. The molecule has 1 aliphatic rings. The molecule has 176 valence electrons. The maximum absolute atomic E-state index is 12.4. The second-order valence-electron chi connectivity index (χ2n) is 7.35. The molecule has 10 nitrogen and oxygen atoms in total. The van der Waals surface area contributed by atoms with E-state index in [0.29, 0.717) is 36.1 Å². The number of rotatable bonds is 4. The fraction of sp³-hybridized carbons (Fsp3) is 0.526. The number of fused-ring (bicyclic) bond motifs is 1. The van der Waals surface area contributed by atoms with Crippen LogP contribution >= 0.6 is 0 Å². The van der Waals surface area contributed by atoms with Crippen LogP contribution in [0.15, 0.2) is 21.6 Å². The monoisotopic (exact) mass is 459 g/mol. The third kappa shape index (κ3) is 6.64. The molecule has 0 bridgehead atoms. The number of hydrogen-bond donors (Lipinski definition) is 2. The summed E-state index contributed by atoms with van der Waals surface area (Å²) in [5.74, 6) is -1.84. The van der Waals surface area contributed by atoms with Crippen LogP contribution in [0.1, 0.15) is 47.9 Å². The number of carbonyl (C=O) groups is 2. The summed E-state index contributed by atoms with van der Waals surface area (Å²) in [6, 6.07) is 1.89. The van der Waals surface area contributed by atoms with Crippen LogP contribution in [0.2, 0.25) is 0 Å². The van der Waals surface area contributed by atoms with Gasteiger partial charge in [-0.2, -0.15) is 13.2 Å². The van der Waals surface area contributed by atoms with Crippen LogP contribution in [0.25, 0.3) is 0 Å². The van der Waals surface area contributed by atoms with Crippen molar-refractivity contribution in [3.8, 4) is 0 Å². The molecule has 32 heavy (non-hydrogen) atoms. The SMILES string of the molecule is Cc1oncc1C(=O)NCc1cc(=O)n2c(n1)CN(C(C)C)CCC2.O=C(O)C(F)(F)F. The van der Waals surface area contributed by atoms with Crippen LogP contribution in [-0.4, -0.2) is 55.4 Å². The summed E-state index contributed by atoms with van der Waals surface area (Å²) in [5, 5.41) is 13.5. The number of carbonyl (C=O) groups excluding carboxylic acids is 1. The molecule has 0 radical (unpaired) electrons. The van der Waals surface area contributed by atoms with Crippen molar-refractivity contribution in [1.82, 2.24) is 24.9 Å². The van der Waals surface area contributed by atoms with Crippen molar-refractivity contribution in [2.45, 2.75) is 59.0 Å². The van der Waals surface area contributed by atoms with E-state index in [2.05, 4.69) is 34.2 Å². The van der Waals surface area contributed by atoms with Crippen molar-refractivity contribution >= 4 is 11.9 Å². The summed E-state index contributed by atoms with van der Waals surface area (Å²) >= 11 is 0. The number of nitrogens with one attached hydrogen (secondary N) is 1. The van der Waals surface area contributed by atoms with Gasteiger partial charge in [0.2, 0.25) is 0 Å². The molecule has 2 aromatic heterocycles. The molecule has 0 spiro atoms. The summed E-state index contributed by atoms with van der Waals surface area (Å²) in [6.07, 6.45) is -2.78. The highest BCUT2D eigenvalue weighted by molar-refractivity contribution is 5.94. The minimum Gasteiger partial charge on any atom is -0.475 e. The number of carboxylic acids is 1. The van der Waals surface area contributed by atoms with Crippen LogP contribution in [0, 0.1) is 6.92 Å².